The van der Waals surface area contributed by atoms with Crippen LogP contribution in [0.1, 0.15) is 78.9 Å². The summed E-state index contributed by atoms with van der Waals surface area (Å²) in [7, 11) is 1.35. The average Bonchev–Trinajstić information content (AvgIpc) is 3.45. The van der Waals surface area contributed by atoms with Crippen molar-refractivity contribution in [2.24, 2.45) is 39.9 Å². The van der Waals surface area contributed by atoms with Crippen LogP contribution >= 0.6 is 0 Å². The van der Waals surface area contributed by atoms with Crippen LogP contribution < -0.4 is 0 Å². The second-order valence-corrected chi connectivity index (χ2v) is 13.1. The fourth-order valence-electron chi connectivity index (χ4n) is 8.48. The Morgan fingerprint density at radius 1 is 1.15 bits per heavy atom. The quantitative estimate of drug-likeness (QED) is 0.203. The summed E-state index contributed by atoms with van der Waals surface area (Å²) in [5.74, 6) is -2.66. The van der Waals surface area contributed by atoms with Crippen molar-refractivity contribution < 1.29 is 37.8 Å². The Morgan fingerprint density at radius 3 is 2.50 bits per heavy atom. The molecule has 1 aromatic heterocycles. The molecule has 0 spiro atoms. The van der Waals surface area contributed by atoms with Crippen LogP contribution in [0.3, 0.4) is 0 Å². The van der Waals surface area contributed by atoms with Crippen LogP contribution in [0.5, 0.6) is 0 Å². The summed E-state index contributed by atoms with van der Waals surface area (Å²) in [5.41, 5.74) is 0.283. The Morgan fingerprint density at radius 2 is 1.88 bits per heavy atom. The van der Waals surface area contributed by atoms with Crippen molar-refractivity contribution >= 4 is 23.7 Å². The number of rotatable bonds is 5. The van der Waals surface area contributed by atoms with Gasteiger partial charge in [0.25, 0.3) is 0 Å². The summed E-state index contributed by atoms with van der Waals surface area (Å²) in [4.78, 5) is 53.3. The van der Waals surface area contributed by atoms with Gasteiger partial charge >= 0.3 is 17.9 Å². The molecule has 1 saturated heterocycles. The van der Waals surface area contributed by atoms with Gasteiger partial charge in [0.05, 0.1) is 32.0 Å². The minimum absolute atomic E-state index is 0.0150. The van der Waals surface area contributed by atoms with Gasteiger partial charge < -0.3 is 18.6 Å². The lowest BCUT2D eigenvalue weighted by atomic mass is 9.40. The molecule has 0 radical (unpaired) electrons. The second kappa shape index (κ2) is 9.74. The van der Waals surface area contributed by atoms with Crippen molar-refractivity contribution in [2.75, 3.05) is 7.11 Å². The normalized spacial score (nSPS) is 38.4. The molecule has 4 aliphatic rings. The van der Waals surface area contributed by atoms with Gasteiger partial charge in [0.15, 0.2) is 0 Å². The number of carbonyl (C=O) groups excluding carboxylic acids is 4. The van der Waals surface area contributed by atoms with E-state index in [0.717, 1.165) is 17.6 Å². The molecule has 8 nitrogen and oxygen atoms in total. The summed E-state index contributed by atoms with van der Waals surface area (Å²) in [6.07, 6.45) is 7.30. The first kappa shape index (κ1) is 28.4. The van der Waals surface area contributed by atoms with Gasteiger partial charge in [-0.15, -0.1) is 0 Å². The van der Waals surface area contributed by atoms with E-state index in [4.69, 9.17) is 18.6 Å². The summed E-state index contributed by atoms with van der Waals surface area (Å²) in [5, 5.41) is 0. The molecular formula is C32H40O8. The van der Waals surface area contributed by atoms with E-state index in [-0.39, 0.29) is 36.4 Å². The fraction of sp³-hybridized carbons (Fsp3) is 0.625. The Bertz CT molecular complexity index is 1290. The number of fused-ring (bicyclic) bond motifs is 6. The zero-order valence-electron chi connectivity index (χ0n) is 24.4. The number of cyclic esters (lactones) is 1. The number of ether oxygens (including phenoxy) is 3. The Balaban J connectivity index is 1.66. The molecule has 1 aromatic rings. The van der Waals surface area contributed by atoms with E-state index in [2.05, 4.69) is 6.92 Å². The van der Waals surface area contributed by atoms with Gasteiger partial charge in [-0.1, -0.05) is 45.4 Å². The summed E-state index contributed by atoms with van der Waals surface area (Å²) in [6.45, 7) is 11.5. The first-order valence-corrected chi connectivity index (χ1v) is 14.2. The zero-order chi connectivity index (χ0) is 29.2. The smallest absolute Gasteiger partial charge is 0.333 e. The molecular weight excluding hydrogens is 512 g/mol. The predicted octanol–water partition coefficient (Wildman–Crippen LogP) is 5.53. The van der Waals surface area contributed by atoms with Crippen molar-refractivity contribution in [1.82, 2.24) is 0 Å². The van der Waals surface area contributed by atoms with Crippen molar-refractivity contribution in [3.8, 4) is 0 Å². The molecule has 216 valence electrons. The number of Topliss-reactive ketones (excluding diaryl/α,β-unsaturated/α-hetero) is 1. The van der Waals surface area contributed by atoms with Gasteiger partial charge in [0.1, 0.15) is 18.0 Å². The molecule has 2 heterocycles. The fourth-order valence-corrected chi connectivity index (χ4v) is 8.48. The zero-order valence-corrected chi connectivity index (χ0v) is 24.4. The maximum absolute atomic E-state index is 14.4. The lowest BCUT2D eigenvalue weighted by Crippen LogP contribution is -2.66. The molecule has 40 heavy (non-hydrogen) atoms. The van der Waals surface area contributed by atoms with Crippen molar-refractivity contribution in [1.29, 1.82) is 0 Å². The minimum Gasteiger partial charge on any atom is -0.472 e. The molecule has 2 saturated carbocycles. The highest BCUT2D eigenvalue weighted by Crippen LogP contribution is 2.68. The van der Waals surface area contributed by atoms with Crippen LogP contribution in [-0.4, -0.2) is 36.9 Å². The van der Waals surface area contributed by atoms with Gasteiger partial charge in [-0.05, 0) is 50.5 Å². The monoisotopic (exact) mass is 552 g/mol. The largest absolute Gasteiger partial charge is 0.472 e. The van der Waals surface area contributed by atoms with Crippen molar-refractivity contribution in [3.63, 3.8) is 0 Å². The number of esters is 3. The number of ketones is 1. The number of hydrogen-bond donors (Lipinski definition) is 0. The number of furan rings is 1. The molecule has 0 amide bonds. The standard InChI is InChI=1S/C32H40O8/c1-8-17(2)29(36)40-28-20-13-19-21(32(6,26(20)35)23(30(28,3)4)15-24(33)37-7)9-11-31(5)22(19)14-25(34)39-27(31)18-10-12-38-16-18/h8,10,12-13,16,20-23,27-28H,9,11,14-15H2,1-7H3/b17-8+/t20-,21-,22+,23+,27+,28-,31-,32-/m1/s1. The summed E-state index contributed by atoms with van der Waals surface area (Å²) in [6, 6.07) is 1.83. The highest BCUT2D eigenvalue weighted by atomic mass is 16.6. The van der Waals surface area contributed by atoms with Crippen molar-refractivity contribution in [3.05, 3.63) is 47.5 Å². The van der Waals surface area contributed by atoms with Crippen LogP contribution in [-0.2, 0) is 33.4 Å². The first-order chi connectivity index (χ1) is 18.8. The highest BCUT2D eigenvalue weighted by molar-refractivity contribution is 5.94. The van der Waals surface area contributed by atoms with E-state index in [9.17, 15) is 19.2 Å². The summed E-state index contributed by atoms with van der Waals surface area (Å²) < 4.78 is 22.5. The highest BCUT2D eigenvalue weighted by Gasteiger charge is 2.69. The van der Waals surface area contributed by atoms with Crippen LogP contribution in [0.4, 0.5) is 0 Å². The third-order valence-electron chi connectivity index (χ3n) is 10.8. The maximum Gasteiger partial charge on any atom is 0.333 e. The summed E-state index contributed by atoms with van der Waals surface area (Å²) >= 11 is 0. The topological polar surface area (TPSA) is 109 Å². The Kier molecular flexibility index (Phi) is 6.91. The second-order valence-electron chi connectivity index (χ2n) is 13.1. The lowest BCUT2D eigenvalue weighted by molar-refractivity contribution is -0.195. The van der Waals surface area contributed by atoms with Crippen LogP contribution in [0, 0.1) is 39.9 Å². The molecule has 3 fully saturated rings. The number of allylic oxidation sites excluding steroid dienone is 2. The lowest BCUT2D eigenvalue weighted by Gasteiger charge is -2.63. The average molecular weight is 553 g/mol. The third-order valence-corrected chi connectivity index (χ3v) is 10.8. The van der Waals surface area contributed by atoms with Crippen LogP contribution in [0.2, 0.25) is 0 Å². The van der Waals surface area contributed by atoms with E-state index < -0.39 is 52.2 Å². The van der Waals surface area contributed by atoms with Gasteiger partial charge in [0, 0.05) is 33.8 Å². The number of methoxy groups -OCH3 is 1. The van der Waals surface area contributed by atoms with E-state index in [0.29, 0.717) is 12.0 Å². The maximum atomic E-state index is 14.4. The molecule has 0 unspecified atom stereocenters. The molecule has 8 atom stereocenters. The van der Waals surface area contributed by atoms with Gasteiger partial charge in [0.2, 0.25) is 0 Å². The van der Waals surface area contributed by atoms with Crippen LogP contribution in [0.25, 0.3) is 0 Å². The molecule has 3 aliphatic carbocycles. The van der Waals surface area contributed by atoms with Gasteiger partial charge in [-0.3, -0.25) is 14.4 Å². The SMILES string of the molecule is C/C=C(\C)C(=O)O[C@@H]1[C@@H]2C=C3[C@@H](CC[C@]4(C)[C@H]3CC(=O)O[C@H]4c3ccoc3)[C@@](C)(C2=O)[C@@H](CC(=O)OC)C1(C)C. The third kappa shape index (κ3) is 4.00. The molecule has 0 N–H and O–H groups in total. The van der Waals surface area contributed by atoms with E-state index >= 15 is 0 Å². The molecule has 0 aromatic carbocycles. The van der Waals surface area contributed by atoms with E-state index in [1.165, 1.54) is 7.11 Å². The molecule has 2 bridgehead atoms. The molecule has 5 rings (SSSR count). The molecule has 1 aliphatic heterocycles. The minimum atomic E-state index is -0.904. The first-order valence-electron chi connectivity index (χ1n) is 14.2. The Hall–Kier alpha value is -3.16. The molecule has 8 heteroatoms. The van der Waals surface area contributed by atoms with Gasteiger partial charge in [-0.2, -0.15) is 0 Å². The predicted molar refractivity (Wildman–Crippen MR) is 144 cm³/mol. The van der Waals surface area contributed by atoms with E-state index in [1.807, 2.05) is 32.9 Å². The Labute approximate surface area is 235 Å². The van der Waals surface area contributed by atoms with Crippen molar-refractivity contribution in [2.45, 2.75) is 79.4 Å². The number of carbonyl (C=O) groups is 4. The van der Waals surface area contributed by atoms with Gasteiger partial charge in [-0.25, -0.2) is 4.79 Å². The number of hydrogen-bond acceptors (Lipinski definition) is 8. The van der Waals surface area contributed by atoms with E-state index in [1.54, 1.807) is 32.4 Å². The van der Waals surface area contributed by atoms with Crippen LogP contribution in [0.15, 0.2) is 46.3 Å².